The van der Waals surface area contributed by atoms with E-state index < -0.39 is 11.4 Å². The highest BCUT2D eigenvalue weighted by Crippen LogP contribution is 2.17. The summed E-state index contributed by atoms with van der Waals surface area (Å²) in [7, 11) is 1.71. The van der Waals surface area contributed by atoms with Crippen LogP contribution in [-0.2, 0) is 7.05 Å². The Labute approximate surface area is 101 Å². The molecule has 0 atom stereocenters. The van der Waals surface area contributed by atoms with Gasteiger partial charge in [-0.25, -0.2) is 9.31 Å². The highest BCUT2D eigenvalue weighted by Gasteiger charge is 2.15. The Balaban J connectivity index is 2.60. The number of hydrogen-bond donors (Lipinski definition) is 1. The zero-order valence-corrected chi connectivity index (χ0v) is 9.62. The Morgan fingerprint density at radius 1 is 1.22 bits per heavy atom. The molecule has 0 unspecified atom stereocenters. The molecule has 0 aliphatic heterocycles. The van der Waals surface area contributed by atoms with E-state index >= 15 is 0 Å². The zero-order chi connectivity index (χ0) is 12.9. The van der Waals surface area contributed by atoms with Gasteiger partial charge in [0.2, 0.25) is 5.43 Å². The fourth-order valence-corrected chi connectivity index (χ4v) is 2.24. The van der Waals surface area contributed by atoms with Gasteiger partial charge in [-0.1, -0.05) is 18.2 Å². The minimum absolute atomic E-state index is 0.215. The molecule has 3 aromatic rings. The molecule has 0 spiro atoms. The molecule has 1 aromatic carbocycles. The molecule has 2 aromatic heterocycles. The Bertz CT molecular complexity index is 842. The minimum Gasteiger partial charge on any atom is -0.477 e. The lowest BCUT2D eigenvalue weighted by molar-refractivity contribution is 0.0694. The number of para-hydroxylation sites is 1. The second kappa shape index (κ2) is 3.46. The van der Waals surface area contributed by atoms with Gasteiger partial charge in [0.1, 0.15) is 11.1 Å². The number of rotatable bonds is 1. The number of fused-ring (bicyclic) bond motifs is 3. The van der Waals surface area contributed by atoms with E-state index in [1.54, 1.807) is 22.3 Å². The molecule has 1 N–H and O–H groups in total. The monoisotopic (exact) mass is 242 g/mol. The normalized spacial score (nSPS) is 11.2. The standard InChI is InChI=1S/C13H10N2O3/c1-14-7-9(13(17)18)12(16)11-6-8-4-2-3-5-10(8)15(11)14/h2-7H,1H3,(H,17,18). The van der Waals surface area contributed by atoms with E-state index in [1.807, 2.05) is 24.3 Å². The highest BCUT2D eigenvalue weighted by molar-refractivity contribution is 5.91. The van der Waals surface area contributed by atoms with Crippen molar-refractivity contribution >= 4 is 22.4 Å². The van der Waals surface area contributed by atoms with Crippen molar-refractivity contribution < 1.29 is 9.90 Å². The van der Waals surface area contributed by atoms with E-state index in [9.17, 15) is 9.59 Å². The first-order chi connectivity index (χ1) is 8.59. The number of carboxylic acid groups (broad SMARTS) is 1. The van der Waals surface area contributed by atoms with Gasteiger partial charge in [0.25, 0.3) is 0 Å². The fraction of sp³-hybridized carbons (Fsp3) is 0.0769. The van der Waals surface area contributed by atoms with Crippen molar-refractivity contribution in [3.63, 3.8) is 0 Å². The van der Waals surface area contributed by atoms with Gasteiger partial charge >= 0.3 is 5.97 Å². The van der Waals surface area contributed by atoms with E-state index in [1.165, 1.54) is 6.20 Å². The molecular formula is C13H10N2O3. The van der Waals surface area contributed by atoms with Crippen LogP contribution in [0.3, 0.4) is 0 Å². The van der Waals surface area contributed by atoms with Crippen LogP contribution in [-0.4, -0.2) is 20.3 Å². The van der Waals surface area contributed by atoms with Crippen molar-refractivity contribution in [3.05, 3.63) is 52.3 Å². The lowest BCUT2D eigenvalue weighted by Gasteiger charge is -2.07. The maximum absolute atomic E-state index is 12.1. The van der Waals surface area contributed by atoms with Crippen LogP contribution >= 0.6 is 0 Å². The minimum atomic E-state index is -1.21. The quantitative estimate of drug-likeness (QED) is 0.703. The summed E-state index contributed by atoms with van der Waals surface area (Å²) in [6, 6.07) is 9.25. The SMILES string of the molecule is Cn1cc(C(=O)O)c(=O)c2cc3ccccc3n21. The molecule has 18 heavy (non-hydrogen) atoms. The van der Waals surface area contributed by atoms with E-state index in [4.69, 9.17) is 5.11 Å². The number of nitrogens with zero attached hydrogens (tertiary/aromatic N) is 2. The molecule has 0 amide bonds. The molecule has 0 fully saturated rings. The lowest BCUT2D eigenvalue weighted by Crippen LogP contribution is -2.21. The second-order valence-electron chi connectivity index (χ2n) is 4.15. The van der Waals surface area contributed by atoms with Gasteiger partial charge < -0.3 is 5.11 Å². The Kier molecular flexibility index (Phi) is 2.04. The first kappa shape index (κ1) is 10.6. The molecule has 5 nitrogen and oxygen atoms in total. The number of benzene rings is 1. The molecule has 0 radical (unpaired) electrons. The molecule has 0 saturated carbocycles. The van der Waals surface area contributed by atoms with Gasteiger partial charge in [0, 0.05) is 18.6 Å². The molecular weight excluding hydrogens is 232 g/mol. The van der Waals surface area contributed by atoms with Crippen molar-refractivity contribution in [2.45, 2.75) is 0 Å². The van der Waals surface area contributed by atoms with Crippen LogP contribution in [0.15, 0.2) is 41.3 Å². The van der Waals surface area contributed by atoms with Crippen LogP contribution < -0.4 is 5.43 Å². The average molecular weight is 242 g/mol. The van der Waals surface area contributed by atoms with E-state index in [0.29, 0.717) is 5.52 Å². The van der Waals surface area contributed by atoms with Crippen LogP contribution in [0.2, 0.25) is 0 Å². The maximum atomic E-state index is 12.1. The summed E-state index contributed by atoms with van der Waals surface area (Å²) >= 11 is 0. The maximum Gasteiger partial charge on any atom is 0.341 e. The van der Waals surface area contributed by atoms with E-state index in [0.717, 1.165) is 10.9 Å². The van der Waals surface area contributed by atoms with Gasteiger partial charge in [0.05, 0.1) is 5.52 Å². The molecule has 0 saturated heterocycles. The number of carbonyl (C=O) groups is 1. The van der Waals surface area contributed by atoms with Crippen molar-refractivity contribution in [2.24, 2.45) is 7.05 Å². The molecule has 0 bridgehead atoms. The third kappa shape index (κ3) is 1.27. The van der Waals surface area contributed by atoms with Gasteiger partial charge in [0.15, 0.2) is 0 Å². The first-order valence-electron chi connectivity index (χ1n) is 5.43. The fourth-order valence-electron chi connectivity index (χ4n) is 2.24. The number of aromatic carboxylic acids is 1. The Hall–Kier alpha value is -2.56. The van der Waals surface area contributed by atoms with Gasteiger partial charge in [-0.15, -0.1) is 0 Å². The summed E-state index contributed by atoms with van der Waals surface area (Å²) in [6.45, 7) is 0. The van der Waals surface area contributed by atoms with Crippen molar-refractivity contribution in [2.75, 3.05) is 0 Å². The van der Waals surface area contributed by atoms with E-state index in [2.05, 4.69) is 0 Å². The average Bonchev–Trinajstić information content (AvgIpc) is 2.73. The first-order valence-corrected chi connectivity index (χ1v) is 5.43. The van der Waals surface area contributed by atoms with Crippen LogP contribution in [0, 0.1) is 0 Å². The van der Waals surface area contributed by atoms with Crippen molar-refractivity contribution in [3.8, 4) is 0 Å². The largest absolute Gasteiger partial charge is 0.477 e. The van der Waals surface area contributed by atoms with Crippen LogP contribution in [0.4, 0.5) is 0 Å². The molecule has 0 aliphatic carbocycles. The van der Waals surface area contributed by atoms with Crippen molar-refractivity contribution in [1.82, 2.24) is 9.20 Å². The summed E-state index contributed by atoms with van der Waals surface area (Å²) in [5, 5.41) is 9.91. The summed E-state index contributed by atoms with van der Waals surface area (Å²) in [6.07, 6.45) is 1.34. The molecule has 3 rings (SSSR count). The number of aromatic nitrogens is 2. The Morgan fingerprint density at radius 2 is 1.94 bits per heavy atom. The predicted octanol–water partition coefficient (Wildman–Crippen LogP) is 1.49. The van der Waals surface area contributed by atoms with E-state index in [-0.39, 0.29) is 5.56 Å². The smallest absolute Gasteiger partial charge is 0.341 e. The lowest BCUT2D eigenvalue weighted by atomic mass is 10.2. The highest BCUT2D eigenvalue weighted by atomic mass is 16.4. The van der Waals surface area contributed by atoms with Crippen molar-refractivity contribution in [1.29, 1.82) is 0 Å². The molecule has 90 valence electrons. The number of hydrogen-bond acceptors (Lipinski definition) is 2. The van der Waals surface area contributed by atoms with Gasteiger partial charge in [-0.3, -0.25) is 9.48 Å². The molecule has 5 heteroatoms. The summed E-state index contributed by atoms with van der Waals surface area (Å²) in [4.78, 5) is 23.1. The van der Waals surface area contributed by atoms with Crippen LogP contribution in [0.1, 0.15) is 10.4 Å². The summed E-state index contributed by atoms with van der Waals surface area (Å²) in [5.41, 5.74) is 0.576. The number of aryl methyl sites for hydroxylation is 1. The third-order valence-corrected chi connectivity index (χ3v) is 3.02. The number of carboxylic acids is 1. The van der Waals surface area contributed by atoms with Gasteiger partial charge in [-0.2, -0.15) is 0 Å². The summed E-state index contributed by atoms with van der Waals surface area (Å²) in [5.74, 6) is -1.21. The van der Waals surface area contributed by atoms with Gasteiger partial charge in [-0.05, 0) is 12.1 Å². The molecule has 0 aliphatic rings. The molecule has 2 heterocycles. The second-order valence-corrected chi connectivity index (χ2v) is 4.15. The van der Waals surface area contributed by atoms with Crippen LogP contribution in [0.25, 0.3) is 16.4 Å². The third-order valence-electron chi connectivity index (χ3n) is 3.02. The zero-order valence-electron chi connectivity index (χ0n) is 9.62. The topological polar surface area (TPSA) is 63.7 Å². The predicted molar refractivity (Wildman–Crippen MR) is 67.1 cm³/mol. The Morgan fingerprint density at radius 3 is 2.67 bits per heavy atom. The summed E-state index contributed by atoms with van der Waals surface area (Å²) < 4.78 is 3.33. The van der Waals surface area contributed by atoms with Crippen LogP contribution in [0.5, 0.6) is 0 Å².